The van der Waals surface area contributed by atoms with Crippen LogP contribution in [0.4, 0.5) is 0 Å². The maximum Gasteiger partial charge on any atom is 0.221 e. The number of aryl methyl sites for hydroxylation is 1. The summed E-state index contributed by atoms with van der Waals surface area (Å²) in [4.78, 5) is 13.4. The van der Waals surface area contributed by atoms with Crippen LogP contribution in [0.5, 0.6) is 0 Å². The Morgan fingerprint density at radius 1 is 1.05 bits per heavy atom. The number of amides is 1. The summed E-state index contributed by atoms with van der Waals surface area (Å²) >= 11 is 0. The summed E-state index contributed by atoms with van der Waals surface area (Å²) in [7, 11) is 0. The van der Waals surface area contributed by atoms with Crippen LogP contribution in [0.2, 0.25) is 0 Å². The van der Waals surface area contributed by atoms with Crippen LogP contribution in [0.3, 0.4) is 0 Å². The van der Waals surface area contributed by atoms with Crippen LogP contribution in [0, 0.1) is 0 Å². The summed E-state index contributed by atoms with van der Waals surface area (Å²) < 4.78 is 0. The Morgan fingerprint density at radius 3 is 2.32 bits per heavy atom. The number of hydrogen-bond acceptors (Lipinski definition) is 2. The second-order valence-electron chi connectivity index (χ2n) is 5.47. The molecule has 0 bridgehead atoms. The van der Waals surface area contributed by atoms with Gasteiger partial charge in [0.05, 0.1) is 6.42 Å². The van der Waals surface area contributed by atoms with Crippen molar-refractivity contribution in [3.8, 4) is 0 Å². The van der Waals surface area contributed by atoms with E-state index in [-0.39, 0.29) is 5.91 Å². The van der Waals surface area contributed by atoms with Gasteiger partial charge in [-0.05, 0) is 56.4 Å². The molecule has 1 amide bonds. The van der Waals surface area contributed by atoms with E-state index in [0.717, 1.165) is 12.0 Å². The van der Waals surface area contributed by atoms with Crippen LogP contribution < -0.4 is 5.73 Å². The minimum atomic E-state index is -0.266. The average Bonchev–Trinajstić information content (AvgIpc) is 2.41. The minimum absolute atomic E-state index is 0.266. The number of likely N-dealkylation sites (tertiary alicyclic amines) is 1. The molecule has 3 heteroatoms. The molecular formula is C16H24N2O. The summed E-state index contributed by atoms with van der Waals surface area (Å²) in [5.41, 5.74) is 7.54. The van der Waals surface area contributed by atoms with Gasteiger partial charge in [0.15, 0.2) is 0 Å². The van der Waals surface area contributed by atoms with Crippen molar-refractivity contribution in [2.45, 2.75) is 38.5 Å². The number of piperidine rings is 1. The zero-order chi connectivity index (χ0) is 13.5. The fraction of sp³-hybridized carbons (Fsp3) is 0.562. The molecule has 1 saturated heterocycles. The van der Waals surface area contributed by atoms with Crippen molar-refractivity contribution in [1.29, 1.82) is 0 Å². The normalized spacial score (nSPS) is 16.4. The van der Waals surface area contributed by atoms with E-state index in [0.29, 0.717) is 6.42 Å². The molecule has 0 unspecified atom stereocenters. The Balaban J connectivity index is 1.71. The van der Waals surface area contributed by atoms with Crippen molar-refractivity contribution in [2.24, 2.45) is 5.73 Å². The van der Waals surface area contributed by atoms with Crippen LogP contribution in [0.25, 0.3) is 0 Å². The molecule has 0 saturated carbocycles. The second-order valence-corrected chi connectivity index (χ2v) is 5.47. The van der Waals surface area contributed by atoms with Gasteiger partial charge in [0.25, 0.3) is 0 Å². The van der Waals surface area contributed by atoms with E-state index in [2.05, 4.69) is 17.0 Å². The summed E-state index contributed by atoms with van der Waals surface area (Å²) in [6, 6.07) is 8.27. The highest BCUT2D eigenvalue weighted by Crippen LogP contribution is 2.11. The number of nitrogens with zero attached hydrogens (tertiary/aromatic N) is 1. The van der Waals surface area contributed by atoms with Crippen LogP contribution in [0.1, 0.15) is 36.8 Å². The maximum absolute atomic E-state index is 10.8. The topological polar surface area (TPSA) is 46.3 Å². The van der Waals surface area contributed by atoms with Gasteiger partial charge in [0.2, 0.25) is 5.91 Å². The van der Waals surface area contributed by atoms with E-state index >= 15 is 0 Å². The predicted octanol–water partition coefficient (Wildman–Crippen LogP) is 2.13. The summed E-state index contributed by atoms with van der Waals surface area (Å²) in [6.07, 6.45) is 6.80. The van der Waals surface area contributed by atoms with E-state index in [1.54, 1.807) is 0 Å². The van der Waals surface area contributed by atoms with E-state index in [9.17, 15) is 4.79 Å². The molecule has 0 aromatic heterocycles. The smallest absolute Gasteiger partial charge is 0.221 e. The number of primary amides is 1. The minimum Gasteiger partial charge on any atom is -0.369 e. The van der Waals surface area contributed by atoms with Crippen molar-refractivity contribution in [1.82, 2.24) is 4.90 Å². The fourth-order valence-electron chi connectivity index (χ4n) is 2.71. The molecule has 19 heavy (non-hydrogen) atoms. The molecule has 0 spiro atoms. The van der Waals surface area contributed by atoms with Crippen molar-refractivity contribution in [3.05, 3.63) is 35.4 Å². The van der Waals surface area contributed by atoms with Crippen LogP contribution in [0.15, 0.2) is 24.3 Å². The van der Waals surface area contributed by atoms with E-state index < -0.39 is 0 Å². The Hall–Kier alpha value is -1.35. The first-order valence-corrected chi connectivity index (χ1v) is 7.32. The van der Waals surface area contributed by atoms with Crippen molar-refractivity contribution >= 4 is 5.91 Å². The lowest BCUT2D eigenvalue weighted by molar-refractivity contribution is -0.117. The summed E-state index contributed by atoms with van der Waals surface area (Å²) in [5.74, 6) is -0.266. The van der Waals surface area contributed by atoms with Gasteiger partial charge >= 0.3 is 0 Å². The number of nitrogens with two attached hydrogens (primary N) is 1. The van der Waals surface area contributed by atoms with Gasteiger partial charge in [-0.2, -0.15) is 0 Å². The zero-order valence-corrected chi connectivity index (χ0v) is 11.6. The Kier molecular flexibility index (Phi) is 5.40. The molecule has 1 heterocycles. The Labute approximate surface area is 115 Å². The Morgan fingerprint density at radius 2 is 1.68 bits per heavy atom. The van der Waals surface area contributed by atoms with Gasteiger partial charge < -0.3 is 10.6 Å². The first-order valence-electron chi connectivity index (χ1n) is 7.32. The third kappa shape index (κ3) is 5.03. The first-order chi connectivity index (χ1) is 9.24. The first kappa shape index (κ1) is 14.1. The fourth-order valence-corrected chi connectivity index (χ4v) is 2.71. The quantitative estimate of drug-likeness (QED) is 0.851. The zero-order valence-electron chi connectivity index (χ0n) is 11.6. The molecule has 1 aromatic carbocycles. The molecule has 0 aliphatic carbocycles. The van der Waals surface area contributed by atoms with Crippen molar-refractivity contribution in [2.75, 3.05) is 19.6 Å². The molecule has 1 aliphatic rings. The molecule has 0 atom stereocenters. The highest BCUT2D eigenvalue weighted by Gasteiger charge is 2.09. The lowest BCUT2D eigenvalue weighted by atomic mass is 10.0. The highest BCUT2D eigenvalue weighted by molar-refractivity contribution is 5.76. The standard InChI is InChI=1S/C16H24N2O/c17-16(19)13-15-8-6-14(7-9-15)5-4-12-18-10-2-1-3-11-18/h6-9H,1-5,10-13H2,(H2,17,19). The van der Waals surface area contributed by atoms with Crippen molar-refractivity contribution < 1.29 is 4.79 Å². The highest BCUT2D eigenvalue weighted by atomic mass is 16.1. The largest absolute Gasteiger partial charge is 0.369 e. The molecule has 0 radical (unpaired) electrons. The third-order valence-electron chi connectivity index (χ3n) is 3.79. The van der Waals surface area contributed by atoms with E-state index in [1.165, 1.54) is 50.9 Å². The molecule has 1 aliphatic heterocycles. The van der Waals surface area contributed by atoms with Gasteiger partial charge in [-0.25, -0.2) is 0 Å². The number of carbonyl (C=O) groups excluding carboxylic acids is 1. The second kappa shape index (κ2) is 7.29. The number of hydrogen-bond donors (Lipinski definition) is 1. The van der Waals surface area contributed by atoms with E-state index in [4.69, 9.17) is 5.73 Å². The molecule has 2 N–H and O–H groups in total. The monoisotopic (exact) mass is 260 g/mol. The maximum atomic E-state index is 10.8. The third-order valence-corrected chi connectivity index (χ3v) is 3.79. The molecule has 1 fully saturated rings. The number of benzene rings is 1. The number of carbonyl (C=O) groups is 1. The molecule has 1 aromatic rings. The SMILES string of the molecule is NC(=O)Cc1ccc(CCCN2CCCCC2)cc1. The Bertz CT molecular complexity index is 394. The predicted molar refractivity (Wildman–Crippen MR) is 78.0 cm³/mol. The molecule has 3 nitrogen and oxygen atoms in total. The van der Waals surface area contributed by atoms with Crippen LogP contribution in [-0.4, -0.2) is 30.4 Å². The van der Waals surface area contributed by atoms with Gasteiger partial charge in [-0.3, -0.25) is 4.79 Å². The molecule has 2 rings (SSSR count). The van der Waals surface area contributed by atoms with Gasteiger partial charge in [0, 0.05) is 0 Å². The molecular weight excluding hydrogens is 236 g/mol. The van der Waals surface area contributed by atoms with Gasteiger partial charge in [0.1, 0.15) is 0 Å². The van der Waals surface area contributed by atoms with Crippen molar-refractivity contribution in [3.63, 3.8) is 0 Å². The summed E-state index contributed by atoms with van der Waals surface area (Å²) in [5, 5.41) is 0. The lowest BCUT2D eigenvalue weighted by Crippen LogP contribution is -2.30. The number of rotatable bonds is 6. The summed E-state index contributed by atoms with van der Waals surface area (Å²) in [6.45, 7) is 3.76. The average molecular weight is 260 g/mol. The van der Waals surface area contributed by atoms with Gasteiger partial charge in [-0.1, -0.05) is 30.7 Å². The van der Waals surface area contributed by atoms with Crippen LogP contribution >= 0.6 is 0 Å². The lowest BCUT2D eigenvalue weighted by Gasteiger charge is -2.26. The van der Waals surface area contributed by atoms with E-state index in [1.807, 2.05) is 12.1 Å². The van der Waals surface area contributed by atoms with Gasteiger partial charge in [-0.15, -0.1) is 0 Å². The molecule has 104 valence electrons. The van der Waals surface area contributed by atoms with Crippen LogP contribution in [-0.2, 0) is 17.6 Å².